The molecular formula is C22H27F3N2O6S2. The van der Waals surface area contributed by atoms with Crippen LogP contribution in [0.3, 0.4) is 0 Å². The number of ketones is 1. The molecule has 0 saturated heterocycles. The monoisotopic (exact) mass is 536 g/mol. The van der Waals surface area contributed by atoms with Crippen LogP contribution in [0.2, 0.25) is 0 Å². The summed E-state index contributed by atoms with van der Waals surface area (Å²) < 4.78 is 92.6. The van der Waals surface area contributed by atoms with E-state index in [0.29, 0.717) is 11.1 Å². The van der Waals surface area contributed by atoms with Gasteiger partial charge in [0.15, 0.2) is 15.6 Å². The lowest BCUT2D eigenvalue weighted by Gasteiger charge is -2.17. The zero-order valence-electron chi connectivity index (χ0n) is 20.3. The fourth-order valence-corrected chi connectivity index (χ4v) is 4.82. The number of sulfone groups is 1. The Hall–Kier alpha value is -2.67. The van der Waals surface area contributed by atoms with Gasteiger partial charge in [-0.15, -0.1) is 0 Å². The highest BCUT2D eigenvalue weighted by molar-refractivity contribution is 7.90. The highest BCUT2D eigenvalue weighted by Crippen LogP contribution is 2.34. The van der Waals surface area contributed by atoms with Gasteiger partial charge in [-0.1, -0.05) is 19.4 Å². The number of hydrogen-bond donors (Lipinski definition) is 0. The normalized spacial score (nSPS) is 12.7. The average Bonchev–Trinajstić information content (AvgIpc) is 3.05. The Morgan fingerprint density at radius 1 is 1.09 bits per heavy atom. The largest absolute Gasteiger partial charge is 0.534 e. The average molecular weight is 537 g/mol. The first-order valence-electron chi connectivity index (χ1n) is 10.4. The van der Waals surface area contributed by atoms with Crippen molar-refractivity contribution in [3.8, 4) is 5.88 Å². The standard InChI is InChI=1S/C22H27F3N2O6S2/c1-12(2)11-27-21(33-35(31,32)22(23,24)25)17(10-26-27)20(28)16-8-9-18(34(7,29)30)19(15(16)6)14(5)13(3)4/h8-10,12H,11H2,1-7H3. The van der Waals surface area contributed by atoms with E-state index in [1.54, 1.807) is 34.6 Å². The number of nitrogens with zero attached hydrogens (tertiary/aromatic N) is 2. The summed E-state index contributed by atoms with van der Waals surface area (Å²) >= 11 is 0. The molecule has 2 rings (SSSR count). The van der Waals surface area contributed by atoms with Gasteiger partial charge < -0.3 is 4.18 Å². The number of allylic oxidation sites excluding steroid dienone is 2. The smallest absolute Gasteiger partial charge is 0.355 e. The van der Waals surface area contributed by atoms with Crippen molar-refractivity contribution in [1.82, 2.24) is 9.78 Å². The summed E-state index contributed by atoms with van der Waals surface area (Å²) in [5, 5.41) is 3.88. The van der Waals surface area contributed by atoms with Crippen LogP contribution in [0.25, 0.3) is 5.57 Å². The molecule has 8 nitrogen and oxygen atoms in total. The Bertz CT molecular complexity index is 1400. The molecule has 0 aliphatic carbocycles. The van der Waals surface area contributed by atoms with Crippen molar-refractivity contribution < 1.29 is 39.0 Å². The van der Waals surface area contributed by atoms with E-state index in [0.717, 1.165) is 22.7 Å². The third-order valence-corrected chi connectivity index (χ3v) is 7.33. The van der Waals surface area contributed by atoms with Gasteiger partial charge in [0.05, 0.1) is 11.1 Å². The van der Waals surface area contributed by atoms with Crippen molar-refractivity contribution in [1.29, 1.82) is 0 Å². The van der Waals surface area contributed by atoms with Crippen molar-refractivity contribution in [2.24, 2.45) is 5.92 Å². The van der Waals surface area contributed by atoms with Crippen LogP contribution in [0.5, 0.6) is 5.88 Å². The van der Waals surface area contributed by atoms with Gasteiger partial charge in [-0.2, -0.15) is 26.7 Å². The second kappa shape index (κ2) is 9.76. The third kappa shape index (κ3) is 5.95. The van der Waals surface area contributed by atoms with Gasteiger partial charge in [-0.25, -0.2) is 13.1 Å². The minimum absolute atomic E-state index is 0.0168. The van der Waals surface area contributed by atoms with E-state index in [9.17, 15) is 34.8 Å². The number of carbonyl (C=O) groups excluding carboxylic acids is 1. The highest BCUT2D eigenvalue weighted by atomic mass is 32.2. The molecule has 35 heavy (non-hydrogen) atoms. The second-order valence-corrected chi connectivity index (χ2v) is 12.3. The maximum atomic E-state index is 13.5. The molecule has 2 aromatic rings. The lowest BCUT2D eigenvalue weighted by atomic mass is 9.91. The molecule has 0 N–H and O–H groups in total. The molecule has 0 spiro atoms. The summed E-state index contributed by atoms with van der Waals surface area (Å²) in [4.78, 5) is 13.4. The molecule has 0 radical (unpaired) electrons. The van der Waals surface area contributed by atoms with Crippen molar-refractivity contribution >= 4 is 31.3 Å². The van der Waals surface area contributed by atoms with Gasteiger partial charge >= 0.3 is 15.6 Å². The molecule has 0 fully saturated rings. The van der Waals surface area contributed by atoms with E-state index in [1.807, 2.05) is 0 Å². The van der Waals surface area contributed by atoms with Crippen LogP contribution in [-0.2, 0) is 26.5 Å². The summed E-state index contributed by atoms with van der Waals surface area (Å²) in [5.74, 6) is -1.91. The Labute approximate surface area is 202 Å². The van der Waals surface area contributed by atoms with Crippen LogP contribution in [0.15, 0.2) is 28.8 Å². The van der Waals surface area contributed by atoms with Crippen molar-refractivity contribution in [2.45, 2.75) is 58.5 Å². The Morgan fingerprint density at radius 3 is 2.11 bits per heavy atom. The molecule has 194 valence electrons. The zero-order chi connectivity index (χ0) is 27.1. The molecule has 0 aliphatic rings. The SMILES string of the molecule is CC(C)=C(C)c1c(S(C)(=O)=O)ccc(C(=O)c2cnn(CC(C)C)c2OS(=O)(=O)C(F)(F)F)c1C. The van der Waals surface area contributed by atoms with E-state index >= 15 is 0 Å². The number of alkyl halides is 3. The van der Waals surface area contributed by atoms with E-state index < -0.39 is 42.7 Å². The maximum Gasteiger partial charge on any atom is 0.534 e. The molecule has 0 unspecified atom stereocenters. The Morgan fingerprint density at radius 2 is 1.66 bits per heavy atom. The van der Waals surface area contributed by atoms with E-state index in [-0.39, 0.29) is 28.5 Å². The van der Waals surface area contributed by atoms with Gasteiger partial charge in [0.25, 0.3) is 0 Å². The maximum absolute atomic E-state index is 13.5. The van der Waals surface area contributed by atoms with Crippen molar-refractivity contribution in [2.75, 3.05) is 6.26 Å². The van der Waals surface area contributed by atoms with E-state index in [2.05, 4.69) is 9.28 Å². The predicted molar refractivity (Wildman–Crippen MR) is 124 cm³/mol. The van der Waals surface area contributed by atoms with Gasteiger partial charge in [0.1, 0.15) is 5.56 Å². The molecule has 0 saturated carbocycles. The van der Waals surface area contributed by atoms with Crippen LogP contribution >= 0.6 is 0 Å². The lowest BCUT2D eigenvalue weighted by Crippen LogP contribution is -2.29. The molecule has 13 heteroatoms. The number of hydrogen-bond acceptors (Lipinski definition) is 7. The van der Waals surface area contributed by atoms with Gasteiger partial charge in [0.2, 0.25) is 5.88 Å². The third-order valence-electron chi connectivity index (χ3n) is 5.24. The molecule has 0 atom stereocenters. The van der Waals surface area contributed by atoms with Gasteiger partial charge in [-0.3, -0.25) is 4.79 Å². The van der Waals surface area contributed by atoms with E-state index in [4.69, 9.17) is 0 Å². The molecule has 1 heterocycles. The summed E-state index contributed by atoms with van der Waals surface area (Å²) in [6.07, 6.45) is 1.96. The summed E-state index contributed by atoms with van der Waals surface area (Å²) in [5.41, 5.74) is -4.32. The van der Waals surface area contributed by atoms with Crippen molar-refractivity contribution in [3.63, 3.8) is 0 Å². The van der Waals surface area contributed by atoms with E-state index in [1.165, 1.54) is 19.1 Å². The number of aromatic nitrogens is 2. The molecular weight excluding hydrogens is 509 g/mol. The highest BCUT2D eigenvalue weighted by Gasteiger charge is 2.49. The summed E-state index contributed by atoms with van der Waals surface area (Å²) in [6, 6.07) is 2.47. The van der Waals surface area contributed by atoms with Crippen LogP contribution in [0.1, 0.15) is 61.7 Å². The number of benzene rings is 1. The van der Waals surface area contributed by atoms with Crippen LogP contribution in [0.4, 0.5) is 13.2 Å². The molecule has 0 amide bonds. The first-order chi connectivity index (χ1) is 15.8. The molecule has 1 aromatic carbocycles. The van der Waals surface area contributed by atoms with Crippen LogP contribution < -0.4 is 4.18 Å². The van der Waals surface area contributed by atoms with Gasteiger partial charge in [0, 0.05) is 18.4 Å². The van der Waals surface area contributed by atoms with Crippen LogP contribution in [-0.4, -0.2) is 44.2 Å². The number of rotatable bonds is 8. The summed E-state index contributed by atoms with van der Waals surface area (Å²) in [7, 11) is -9.78. The minimum Gasteiger partial charge on any atom is -0.355 e. The quantitative estimate of drug-likeness (QED) is 0.277. The van der Waals surface area contributed by atoms with Crippen LogP contribution in [0, 0.1) is 12.8 Å². The number of carbonyl (C=O) groups is 1. The fourth-order valence-electron chi connectivity index (χ4n) is 3.35. The Kier molecular flexibility index (Phi) is 7.97. The topological polar surface area (TPSA) is 112 Å². The first-order valence-corrected chi connectivity index (χ1v) is 13.7. The van der Waals surface area contributed by atoms with Crippen molar-refractivity contribution in [3.05, 3.63) is 46.2 Å². The number of halogens is 3. The minimum atomic E-state index is -6.09. The first kappa shape index (κ1) is 28.6. The Balaban J connectivity index is 2.81. The molecule has 0 aliphatic heterocycles. The predicted octanol–water partition coefficient (Wildman–Crippen LogP) is 4.52. The lowest BCUT2D eigenvalue weighted by molar-refractivity contribution is -0.0503. The summed E-state index contributed by atoms with van der Waals surface area (Å²) in [6.45, 7) is 10.1. The fraction of sp³-hybridized carbons (Fsp3) is 0.455. The zero-order valence-corrected chi connectivity index (χ0v) is 21.9. The molecule has 1 aromatic heterocycles. The molecule has 0 bridgehead atoms. The second-order valence-electron chi connectivity index (χ2n) is 8.76. The van der Waals surface area contributed by atoms with Gasteiger partial charge in [-0.05, 0) is 62.4 Å².